The van der Waals surface area contributed by atoms with E-state index in [-0.39, 0.29) is 11.6 Å². The fraction of sp³-hybridized carbons (Fsp3) is 0.0833. The van der Waals surface area contributed by atoms with Gasteiger partial charge >= 0.3 is 5.88 Å². The Balaban J connectivity index is 1.95. The van der Waals surface area contributed by atoms with Crippen molar-refractivity contribution in [3.63, 3.8) is 0 Å². The number of thioether (sulfide) groups is 1. The second-order valence-corrected chi connectivity index (χ2v) is 4.75. The average molecular weight is 319 g/mol. The van der Waals surface area contributed by atoms with Crippen LogP contribution in [0.3, 0.4) is 0 Å². The number of furan rings is 2. The lowest BCUT2D eigenvalue weighted by Crippen LogP contribution is -1.95. The number of rotatable bonds is 5. The van der Waals surface area contributed by atoms with Gasteiger partial charge < -0.3 is 8.83 Å². The summed E-state index contributed by atoms with van der Waals surface area (Å²) in [5.41, 5.74) is 0. The Morgan fingerprint density at radius 3 is 2.91 bits per heavy atom. The van der Waals surface area contributed by atoms with Gasteiger partial charge in [0.2, 0.25) is 11.0 Å². The molecule has 0 aromatic carbocycles. The van der Waals surface area contributed by atoms with Crippen LogP contribution < -0.4 is 0 Å². The van der Waals surface area contributed by atoms with E-state index in [0.717, 1.165) is 0 Å². The minimum atomic E-state index is -0.613. The molecule has 10 heteroatoms. The molecule has 0 aliphatic heterocycles. The van der Waals surface area contributed by atoms with E-state index in [0.29, 0.717) is 16.7 Å². The molecule has 3 heterocycles. The summed E-state index contributed by atoms with van der Waals surface area (Å²) in [7, 11) is 0. The molecule has 0 spiro atoms. The molecule has 0 saturated heterocycles. The van der Waals surface area contributed by atoms with Crippen LogP contribution in [0.2, 0.25) is 0 Å². The molecule has 22 heavy (non-hydrogen) atoms. The molecule has 3 aromatic heterocycles. The van der Waals surface area contributed by atoms with Crippen molar-refractivity contribution in [2.24, 2.45) is 5.10 Å². The predicted molar refractivity (Wildman–Crippen MR) is 77.9 cm³/mol. The zero-order valence-electron chi connectivity index (χ0n) is 11.2. The van der Waals surface area contributed by atoms with E-state index in [9.17, 15) is 10.1 Å². The molecular weight excluding hydrogens is 310 g/mol. The topological polar surface area (TPSA) is 112 Å². The number of hydrogen-bond acceptors (Lipinski definition) is 8. The van der Waals surface area contributed by atoms with E-state index in [1.165, 1.54) is 41.0 Å². The normalized spacial score (nSPS) is 11.3. The van der Waals surface area contributed by atoms with Crippen LogP contribution in [0, 0.1) is 10.1 Å². The first-order valence-corrected chi connectivity index (χ1v) is 7.23. The van der Waals surface area contributed by atoms with Gasteiger partial charge in [-0.2, -0.15) is 9.78 Å². The minimum absolute atomic E-state index is 0.248. The maximum atomic E-state index is 10.6. The van der Waals surface area contributed by atoms with Crippen molar-refractivity contribution >= 4 is 23.9 Å². The van der Waals surface area contributed by atoms with Crippen LogP contribution in [0.5, 0.6) is 0 Å². The summed E-state index contributed by atoms with van der Waals surface area (Å²) in [5, 5.41) is 23.4. The van der Waals surface area contributed by atoms with Crippen LogP contribution in [0.25, 0.3) is 11.6 Å². The zero-order chi connectivity index (χ0) is 15.5. The molecule has 0 saturated carbocycles. The third-order valence-electron chi connectivity index (χ3n) is 2.63. The van der Waals surface area contributed by atoms with Crippen LogP contribution in [-0.2, 0) is 0 Å². The molecule has 0 aliphatic rings. The van der Waals surface area contributed by atoms with Crippen LogP contribution in [0.4, 0.5) is 5.88 Å². The molecule has 112 valence electrons. The van der Waals surface area contributed by atoms with Gasteiger partial charge in [0.25, 0.3) is 0 Å². The molecule has 0 aliphatic carbocycles. The van der Waals surface area contributed by atoms with Gasteiger partial charge in [-0.3, -0.25) is 10.1 Å². The number of aromatic nitrogens is 3. The highest BCUT2D eigenvalue weighted by Gasteiger charge is 2.15. The van der Waals surface area contributed by atoms with Gasteiger partial charge in [-0.1, -0.05) is 11.8 Å². The Morgan fingerprint density at radius 2 is 2.27 bits per heavy atom. The summed E-state index contributed by atoms with van der Waals surface area (Å²) in [6.45, 7) is 0. The Labute approximate surface area is 127 Å². The first kappa shape index (κ1) is 14.1. The molecule has 0 radical (unpaired) electrons. The molecular formula is C12H9N5O4S. The third kappa shape index (κ3) is 2.63. The quantitative estimate of drug-likeness (QED) is 0.307. The van der Waals surface area contributed by atoms with Crippen molar-refractivity contribution in [2.45, 2.75) is 5.16 Å². The Bertz CT molecular complexity index is 821. The summed E-state index contributed by atoms with van der Waals surface area (Å²) in [6, 6.07) is 6.18. The summed E-state index contributed by atoms with van der Waals surface area (Å²) in [5.74, 6) is 0.835. The van der Waals surface area contributed by atoms with E-state index in [1.807, 2.05) is 6.26 Å². The first-order chi connectivity index (χ1) is 10.7. The average Bonchev–Trinajstić information content (AvgIpc) is 3.24. The van der Waals surface area contributed by atoms with Gasteiger partial charge in [-0.25, -0.2) is 0 Å². The van der Waals surface area contributed by atoms with Crippen molar-refractivity contribution in [3.05, 3.63) is 46.4 Å². The van der Waals surface area contributed by atoms with E-state index >= 15 is 0 Å². The number of hydrogen-bond donors (Lipinski definition) is 0. The van der Waals surface area contributed by atoms with Crippen LogP contribution >= 0.6 is 11.8 Å². The zero-order valence-corrected chi connectivity index (χ0v) is 12.1. The molecule has 0 bridgehead atoms. The highest BCUT2D eigenvalue weighted by atomic mass is 32.2. The van der Waals surface area contributed by atoms with Gasteiger partial charge in [-0.15, -0.1) is 10.2 Å². The second-order valence-electron chi connectivity index (χ2n) is 3.98. The SMILES string of the molecule is CSc1nnc(-c2ccco2)n1N=Cc1ccc([N+](=O)[O-])o1. The molecule has 0 amide bonds. The molecule has 9 nitrogen and oxygen atoms in total. The van der Waals surface area contributed by atoms with Crippen LogP contribution in [0.15, 0.2) is 49.6 Å². The van der Waals surface area contributed by atoms with E-state index in [4.69, 9.17) is 8.83 Å². The second kappa shape index (κ2) is 5.85. The lowest BCUT2D eigenvalue weighted by atomic mass is 10.4. The number of nitrogens with zero attached hydrogens (tertiary/aromatic N) is 5. The Kier molecular flexibility index (Phi) is 3.74. The molecule has 0 atom stereocenters. The smallest absolute Gasteiger partial charge is 0.433 e. The minimum Gasteiger partial charge on any atom is -0.461 e. The van der Waals surface area contributed by atoms with E-state index < -0.39 is 4.92 Å². The van der Waals surface area contributed by atoms with Crippen molar-refractivity contribution in [1.82, 2.24) is 14.9 Å². The van der Waals surface area contributed by atoms with Crippen molar-refractivity contribution < 1.29 is 13.8 Å². The highest BCUT2D eigenvalue weighted by Crippen LogP contribution is 2.23. The molecule has 3 aromatic rings. The highest BCUT2D eigenvalue weighted by molar-refractivity contribution is 7.98. The fourth-order valence-electron chi connectivity index (χ4n) is 1.68. The molecule has 0 unspecified atom stereocenters. The summed E-state index contributed by atoms with van der Waals surface area (Å²) >= 11 is 1.35. The van der Waals surface area contributed by atoms with Gasteiger partial charge in [0.05, 0.1) is 18.5 Å². The lowest BCUT2D eigenvalue weighted by molar-refractivity contribution is -0.402. The largest absolute Gasteiger partial charge is 0.461 e. The van der Waals surface area contributed by atoms with Crippen LogP contribution in [0.1, 0.15) is 5.76 Å². The Hall–Kier alpha value is -2.88. The summed E-state index contributed by atoms with van der Waals surface area (Å²) < 4.78 is 11.8. The molecule has 0 fully saturated rings. The number of nitro groups is 1. The fourth-order valence-corrected chi connectivity index (χ4v) is 2.11. The standard InChI is InChI=1S/C12H9N5O4S/c1-22-12-15-14-11(9-3-2-6-20-9)16(12)13-7-8-4-5-10(21-8)17(18)19/h2-7H,1H3. The van der Waals surface area contributed by atoms with Gasteiger partial charge in [0.15, 0.2) is 11.5 Å². The van der Waals surface area contributed by atoms with Gasteiger partial charge in [0.1, 0.15) is 4.92 Å². The molecule has 3 rings (SSSR count). The molecule has 0 N–H and O–H groups in total. The monoisotopic (exact) mass is 319 g/mol. The maximum absolute atomic E-state index is 10.6. The van der Waals surface area contributed by atoms with Crippen molar-refractivity contribution in [1.29, 1.82) is 0 Å². The summed E-state index contributed by atoms with van der Waals surface area (Å²) in [4.78, 5) is 9.97. The van der Waals surface area contributed by atoms with Crippen molar-refractivity contribution in [2.75, 3.05) is 6.26 Å². The van der Waals surface area contributed by atoms with E-state index in [1.54, 1.807) is 12.1 Å². The first-order valence-electron chi connectivity index (χ1n) is 6.01. The van der Waals surface area contributed by atoms with E-state index in [2.05, 4.69) is 15.3 Å². The summed E-state index contributed by atoms with van der Waals surface area (Å²) in [6.07, 6.45) is 4.70. The van der Waals surface area contributed by atoms with Crippen molar-refractivity contribution in [3.8, 4) is 11.6 Å². The van der Waals surface area contributed by atoms with Gasteiger partial charge in [0, 0.05) is 0 Å². The van der Waals surface area contributed by atoms with Crippen LogP contribution in [-0.4, -0.2) is 32.3 Å². The maximum Gasteiger partial charge on any atom is 0.433 e. The van der Waals surface area contributed by atoms with Gasteiger partial charge in [-0.05, 0) is 24.5 Å². The predicted octanol–water partition coefficient (Wildman–Crippen LogP) is 2.64. The third-order valence-corrected chi connectivity index (χ3v) is 3.25. The lowest BCUT2D eigenvalue weighted by Gasteiger charge is -1.99. The Morgan fingerprint density at radius 1 is 1.41 bits per heavy atom.